The van der Waals surface area contributed by atoms with Crippen molar-refractivity contribution in [2.75, 3.05) is 13.7 Å². The number of carbonyl (C=O) groups is 3. The molecule has 0 radical (unpaired) electrons. The van der Waals surface area contributed by atoms with Crippen LogP contribution in [-0.2, 0) is 9.59 Å². The molecule has 1 N–H and O–H groups in total. The number of ether oxygens (including phenoxy) is 2. The molecule has 1 aromatic rings. The molecule has 4 bridgehead atoms. The van der Waals surface area contributed by atoms with E-state index in [1.54, 1.807) is 19.3 Å². The van der Waals surface area contributed by atoms with E-state index < -0.39 is 17.8 Å². The molecule has 1 aromatic carbocycles. The summed E-state index contributed by atoms with van der Waals surface area (Å²) >= 11 is 2.15. The standard InChI is InChI=1S/C26H31IN2O5/c1-4-34-22-20(27)9-15(10-21(22)33-3)8-19-23(30)28-25(32)29(24(19)31)14(2)26-11-16-5-17(12-26)7-18(6-16)13-26/h8-10,14,16-18H,4-7,11-13H2,1-3H3,(H,28,30,32)/b19-8+. The topological polar surface area (TPSA) is 84.9 Å². The van der Waals surface area contributed by atoms with Gasteiger partial charge in [0, 0.05) is 6.04 Å². The monoisotopic (exact) mass is 578 g/mol. The average molecular weight is 578 g/mol. The highest BCUT2D eigenvalue weighted by atomic mass is 127. The molecule has 4 aliphatic carbocycles. The molecule has 8 heteroatoms. The van der Waals surface area contributed by atoms with E-state index >= 15 is 0 Å². The first kappa shape index (κ1) is 23.6. The van der Waals surface area contributed by atoms with Gasteiger partial charge in [-0.05, 0) is 122 Å². The molecule has 1 aliphatic heterocycles. The molecule has 4 saturated carbocycles. The molecule has 1 heterocycles. The lowest BCUT2D eigenvalue weighted by molar-refractivity contribution is -0.139. The van der Waals surface area contributed by atoms with Crippen LogP contribution in [0.25, 0.3) is 6.08 Å². The summed E-state index contributed by atoms with van der Waals surface area (Å²) in [4.78, 5) is 40.6. The Labute approximate surface area is 213 Å². The molecule has 1 atom stereocenters. The van der Waals surface area contributed by atoms with Gasteiger partial charge in [0.1, 0.15) is 5.57 Å². The number of barbiturate groups is 1. The summed E-state index contributed by atoms with van der Waals surface area (Å²) in [7, 11) is 1.55. The first-order valence-corrected chi connectivity index (χ1v) is 13.2. The van der Waals surface area contributed by atoms with Gasteiger partial charge in [-0.2, -0.15) is 0 Å². The minimum Gasteiger partial charge on any atom is -0.493 e. The van der Waals surface area contributed by atoms with Gasteiger partial charge >= 0.3 is 6.03 Å². The van der Waals surface area contributed by atoms with E-state index in [0.717, 1.165) is 22.8 Å². The van der Waals surface area contributed by atoms with E-state index in [4.69, 9.17) is 9.47 Å². The molecular formula is C26H31IN2O5. The quantitative estimate of drug-likeness (QED) is 0.299. The van der Waals surface area contributed by atoms with Crippen molar-refractivity contribution in [1.82, 2.24) is 10.2 Å². The number of hydrogen-bond donors (Lipinski definition) is 1. The number of hydrogen-bond acceptors (Lipinski definition) is 5. The van der Waals surface area contributed by atoms with Crippen LogP contribution in [-0.4, -0.2) is 42.5 Å². The highest BCUT2D eigenvalue weighted by Gasteiger charge is 2.56. The van der Waals surface area contributed by atoms with E-state index in [1.165, 1.54) is 24.2 Å². The average Bonchev–Trinajstić information content (AvgIpc) is 2.77. The Balaban J connectivity index is 1.47. The fourth-order valence-electron chi connectivity index (χ4n) is 7.26. The Kier molecular flexibility index (Phi) is 6.14. The van der Waals surface area contributed by atoms with Crippen molar-refractivity contribution in [3.05, 3.63) is 26.8 Å². The predicted octanol–water partition coefficient (Wildman–Crippen LogP) is 4.77. The second-order valence-electron chi connectivity index (χ2n) is 10.4. The lowest BCUT2D eigenvalue weighted by Gasteiger charge is -2.60. The highest BCUT2D eigenvalue weighted by molar-refractivity contribution is 14.1. The van der Waals surface area contributed by atoms with Crippen molar-refractivity contribution in [2.45, 2.75) is 58.4 Å². The number of amides is 4. The number of methoxy groups -OCH3 is 1. The second kappa shape index (κ2) is 8.84. The van der Waals surface area contributed by atoms with Crippen molar-refractivity contribution >= 4 is 46.5 Å². The second-order valence-corrected chi connectivity index (χ2v) is 11.6. The van der Waals surface area contributed by atoms with Gasteiger partial charge in [-0.3, -0.25) is 19.8 Å². The van der Waals surface area contributed by atoms with Crippen LogP contribution >= 0.6 is 22.6 Å². The van der Waals surface area contributed by atoms with Gasteiger partial charge in [0.15, 0.2) is 11.5 Å². The van der Waals surface area contributed by atoms with Gasteiger partial charge in [-0.15, -0.1) is 0 Å². The lowest BCUT2D eigenvalue weighted by atomic mass is 9.47. The number of carbonyl (C=O) groups excluding carboxylic acids is 3. The SMILES string of the molecule is CCOc1c(I)cc(/C=C2\C(=O)NC(=O)N(C(C)C34CC5CC(CC(C5)C3)C4)C2=O)cc1OC. The predicted molar refractivity (Wildman–Crippen MR) is 135 cm³/mol. The summed E-state index contributed by atoms with van der Waals surface area (Å²) in [6, 6.07) is 2.73. The maximum absolute atomic E-state index is 13.6. The largest absolute Gasteiger partial charge is 0.493 e. The van der Waals surface area contributed by atoms with Crippen molar-refractivity contribution in [1.29, 1.82) is 0 Å². The summed E-state index contributed by atoms with van der Waals surface area (Å²) < 4.78 is 11.9. The van der Waals surface area contributed by atoms with Crippen molar-refractivity contribution in [3.8, 4) is 11.5 Å². The van der Waals surface area contributed by atoms with Crippen LogP contribution in [0.1, 0.15) is 57.9 Å². The maximum Gasteiger partial charge on any atom is 0.331 e. The molecule has 5 fully saturated rings. The number of benzene rings is 1. The lowest BCUT2D eigenvalue weighted by Crippen LogP contribution is -2.63. The Bertz CT molecular complexity index is 1050. The molecule has 182 valence electrons. The minimum atomic E-state index is -0.660. The third kappa shape index (κ3) is 3.91. The summed E-state index contributed by atoms with van der Waals surface area (Å²) in [6.07, 6.45) is 8.61. The van der Waals surface area contributed by atoms with E-state index in [0.29, 0.717) is 41.4 Å². The molecule has 0 aromatic heterocycles. The summed E-state index contributed by atoms with van der Waals surface area (Å²) in [5, 5.41) is 2.42. The van der Waals surface area contributed by atoms with Crippen LogP contribution in [0.3, 0.4) is 0 Å². The van der Waals surface area contributed by atoms with Gasteiger partial charge in [-0.25, -0.2) is 4.79 Å². The Morgan fingerprint density at radius 2 is 1.76 bits per heavy atom. The fourth-order valence-corrected chi connectivity index (χ4v) is 8.04. The van der Waals surface area contributed by atoms with Crippen molar-refractivity contribution < 1.29 is 23.9 Å². The Hall–Kier alpha value is -2.10. The zero-order valence-corrected chi connectivity index (χ0v) is 22.0. The van der Waals surface area contributed by atoms with E-state index in [2.05, 4.69) is 27.9 Å². The minimum absolute atomic E-state index is 0.0295. The molecule has 1 unspecified atom stereocenters. The number of halogens is 1. The van der Waals surface area contributed by atoms with E-state index in [9.17, 15) is 14.4 Å². The van der Waals surface area contributed by atoms with Gasteiger partial charge in [0.25, 0.3) is 11.8 Å². The third-order valence-corrected chi connectivity index (χ3v) is 9.14. The summed E-state index contributed by atoms with van der Waals surface area (Å²) in [6.45, 7) is 4.39. The Morgan fingerprint density at radius 1 is 1.15 bits per heavy atom. The smallest absolute Gasteiger partial charge is 0.331 e. The van der Waals surface area contributed by atoms with E-state index in [-0.39, 0.29) is 17.0 Å². The zero-order chi connectivity index (χ0) is 24.2. The van der Waals surface area contributed by atoms with E-state index in [1.807, 2.05) is 19.9 Å². The number of urea groups is 1. The molecular weight excluding hydrogens is 547 g/mol. The van der Waals surface area contributed by atoms with Crippen LogP contribution < -0.4 is 14.8 Å². The maximum atomic E-state index is 13.6. The van der Waals surface area contributed by atoms with Crippen LogP contribution in [0, 0.1) is 26.7 Å². The number of nitrogens with zero attached hydrogens (tertiary/aromatic N) is 1. The van der Waals surface area contributed by atoms with Gasteiger partial charge in [0.2, 0.25) is 0 Å². The molecule has 0 spiro atoms. The normalized spacial score (nSPS) is 32.2. The number of rotatable bonds is 6. The molecule has 7 nitrogen and oxygen atoms in total. The highest BCUT2D eigenvalue weighted by Crippen LogP contribution is 2.62. The number of nitrogens with one attached hydrogen (secondary N) is 1. The number of imide groups is 2. The molecule has 1 saturated heterocycles. The van der Waals surface area contributed by atoms with Crippen LogP contribution in [0.5, 0.6) is 11.5 Å². The van der Waals surface area contributed by atoms with Crippen LogP contribution in [0.2, 0.25) is 0 Å². The summed E-state index contributed by atoms with van der Waals surface area (Å²) in [5.74, 6) is 2.08. The van der Waals surface area contributed by atoms with Gasteiger partial charge in [-0.1, -0.05) is 0 Å². The van der Waals surface area contributed by atoms with Crippen molar-refractivity contribution in [2.24, 2.45) is 23.2 Å². The Morgan fingerprint density at radius 3 is 2.32 bits per heavy atom. The van der Waals surface area contributed by atoms with Crippen LogP contribution in [0.15, 0.2) is 17.7 Å². The summed E-state index contributed by atoms with van der Waals surface area (Å²) in [5.41, 5.74) is 0.573. The van der Waals surface area contributed by atoms with Crippen LogP contribution in [0.4, 0.5) is 4.79 Å². The molecule has 34 heavy (non-hydrogen) atoms. The first-order valence-electron chi connectivity index (χ1n) is 12.2. The molecule has 5 aliphatic rings. The zero-order valence-electron chi connectivity index (χ0n) is 19.9. The van der Waals surface area contributed by atoms with Crippen molar-refractivity contribution in [3.63, 3.8) is 0 Å². The van der Waals surface area contributed by atoms with Gasteiger partial charge < -0.3 is 9.47 Å². The first-order chi connectivity index (χ1) is 16.2. The molecule has 4 amide bonds. The van der Waals surface area contributed by atoms with Gasteiger partial charge in [0.05, 0.1) is 17.3 Å². The fraction of sp³-hybridized carbons (Fsp3) is 0.577. The molecule has 6 rings (SSSR count). The third-order valence-electron chi connectivity index (χ3n) is 8.34.